The van der Waals surface area contributed by atoms with Gasteiger partial charge >= 0.3 is 0 Å². The van der Waals surface area contributed by atoms with E-state index < -0.39 is 0 Å². The fourth-order valence-corrected chi connectivity index (χ4v) is 2.14. The third-order valence-corrected chi connectivity index (χ3v) is 3.94. The maximum atomic E-state index is 6.00. The number of nitrogens with one attached hydrogen (secondary N) is 1. The van der Waals surface area contributed by atoms with Crippen LogP contribution in [0.1, 0.15) is 36.6 Å². The van der Waals surface area contributed by atoms with Crippen LogP contribution < -0.4 is 5.32 Å². The molecule has 2 nitrogen and oxygen atoms in total. The first-order valence-corrected chi connectivity index (χ1v) is 6.50. The minimum Gasteiger partial charge on any atom is -0.372 e. The van der Waals surface area contributed by atoms with Crippen LogP contribution in [0.15, 0.2) is 18.2 Å². The van der Waals surface area contributed by atoms with Gasteiger partial charge in [-0.3, -0.25) is 0 Å². The van der Waals surface area contributed by atoms with Gasteiger partial charge in [0, 0.05) is 12.6 Å². The van der Waals surface area contributed by atoms with E-state index in [0.717, 1.165) is 13.2 Å². The quantitative estimate of drug-likeness (QED) is 0.805. The molecule has 0 aliphatic carbocycles. The van der Waals surface area contributed by atoms with Gasteiger partial charge < -0.3 is 10.1 Å². The van der Waals surface area contributed by atoms with Crippen molar-refractivity contribution in [2.24, 2.45) is 5.92 Å². The Hall–Kier alpha value is -0.860. The van der Waals surface area contributed by atoms with E-state index in [4.69, 9.17) is 4.74 Å². The van der Waals surface area contributed by atoms with Gasteiger partial charge in [-0.05, 0) is 43.4 Å². The normalized spacial score (nSPS) is 30.0. The molecule has 1 aliphatic rings. The largest absolute Gasteiger partial charge is 0.372 e. The highest BCUT2D eigenvalue weighted by molar-refractivity contribution is 5.31. The Morgan fingerprint density at radius 3 is 2.65 bits per heavy atom. The average molecular weight is 233 g/mol. The van der Waals surface area contributed by atoms with Crippen LogP contribution in [0.3, 0.4) is 0 Å². The summed E-state index contributed by atoms with van der Waals surface area (Å²) < 4.78 is 6.00. The zero-order valence-corrected chi connectivity index (χ0v) is 11.3. The lowest BCUT2D eigenvalue weighted by atomic mass is 10.0. The molecule has 0 aromatic heterocycles. The summed E-state index contributed by atoms with van der Waals surface area (Å²) >= 11 is 0. The average Bonchev–Trinajstić information content (AvgIpc) is 2.47. The molecule has 3 unspecified atom stereocenters. The molecule has 1 fully saturated rings. The summed E-state index contributed by atoms with van der Waals surface area (Å²) in [7, 11) is 0. The molecule has 2 heteroatoms. The Bertz CT molecular complexity index is 377. The van der Waals surface area contributed by atoms with Crippen LogP contribution in [0.25, 0.3) is 0 Å². The van der Waals surface area contributed by atoms with Crippen molar-refractivity contribution in [2.75, 3.05) is 13.2 Å². The van der Waals surface area contributed by atoms with Crippen LogP contribution in [0, 0.1) is 19.8 Å². The molecule has 3 atom stereocenters. The van der Waals surface area contributed by atoms with Crippen molar-refractivity contribution in [1.29, 1.82) is 0 Å². The fraction of sp³-hybridized carbons (Fsp3) is 0.600. The fourth-order valence-electron chi connectivity index (χ4n) is 2.14. The van der Waals surface area contributed by atoms with Gasteiger partial charge in [0.25, 0.3) is 0 Å². The van der Waals surface area contributed by atoms with Crippen LogP contribution >= 0.6 is 0 Å². The molecular weight excluding hydrogens is 210 g/mol. The Morgan fingerprint density at radius 2 is 1.94 bits per heavy atom. The van der Waals surface area contributed by atoms with Gasteiger partial charge in [0.2, 0.25) is 0 Å². The molecule has 0 spiro atoms. The van der Waals surface area contributed by atoms with Crippen LogP contribution in [0.5, 0.6) is 0 Å². The van der Waals surface area contributed by atoms with E-state index >= 15 is 0 Å². The van der Waals surface area contributed by atoms with Crippen LogP contribution in [0.4, 0.5) is 0 Å². The summed E-state index contributed by atoms with van der Waals surface area (Å²) in [5, 5.41) is 3.55. The van der Waals surface area contributed by atoms with Gasteiger partial charge in [-0.2, -0.15) is 0 Å². The van der Waals surface area contributed by atoms with Crippen molar-refractivity contribution in [1.82, 2.24) is 5.32 Å². The number of rotatable bonds is 1. The minimum absolute atomic E-state index is 0.196. The molecule has 0 radical (unpaired) electrons. The van der Waals surface area contributed by atoms with Crippen molar-refractivity contribution < 1.29 is 4.74 Å². The molecule has 17 heavy (non-hydrogen) atoms. The summed E-state index contributed by atoms with van der Waals surface area (Å²) in [6, 6.07) is 7.16. The number of benzene rings is 1. The first kappa shape index (κ1) is 12.6. The van der Waals surface area contributed by atoms with E-state index in [9.17, 15) is 0 Å². The summed E-state index contributed by atoms with van der Waals surface area (Å²) in [6.07, 6.45) is 0.196. The molecule has 2 rings (SSSR count). The maximum Gasteiger partial charge on any atom is 0.0949 e. The summed E-state index contributed by atoms with van der Waals surface area (Å²) in [4.78, 5) is 0. The summed E-state index contributed by atoms with van der Waals surface area (Å²) in [5.74, 6) is 0.576. The SMILES string of the molecule is Cc1ccc(C2CNC(C)C(C)CO2)cc1C. The Balaban J connectivity index is 2.14. The van der Waals surface area contributed by atoms with Gasteiger partial charge in [0.1, 0.15) is 0 Å². The van der Waals surface area contributed by atoms with E-state index in [1.165, 1.54) is 16.7 Å². The third-order valence-electron chi connectivity index (χ3n) is 3.94. The van der Waals surface area contributed by atoms with E-state index in [1.54, 1.807) is 0 Å². The third kappa shape index (κ3) is 2.88. The van der Waals surface area contributed by atoms with E-state index in [-0.39, 0.29) is 6.10 Å². The number of ether oxygens (including phenoxy) is 1. The minimum atomic E-state index is 0.196. The van der Waals surface area contributed by atoms with Crippen LogP contribution in [0.2, 0.25) is 0 Å². The van der Waals surface area contributed by atoms with Crippen molar-refractivity contribution in [3.8, 4) is 0 Å². The van der Waals surface area contributed by atoms with E-state index in [1.807, 2.05) is 0 Å². The smallest absolute Gasteiger partial charge is 0.0949 e. The van der Waals surface area contributed by atoms with Crippen molar-refractivity contribution in [2.45, 2.75) is 39.8 Å². The van der Waals surface area contributed by atoms with Crippen LogP contribution in [-0.2, 0) is 4.74 Å². The summed E-state index contributed by atoms with van der Waals surface area (Å²) in [5.41, 5.74) is 3.98. The monoisotopic (exact) mass is 233 g/mol. The molecule has 1 N–H and O–H groups in total. The molecule has 0 bridgehead atoms. The number of hydrogen-bond donors (Lipinski definition) is 1. The highest BCUT2D eigenvalue weighted by Crippen LogP contribution is 2.23. The second kappa shape index (κ2) is 5.19. The molecule has 1 aliphatic heterocycles. The lowest BCUT2D eigenvalue weighted by molar-refractivity contribution is 0.0496. The Labute approximate surface area is 104 Å². The highest BCUT2D eigenvalue weighted by atomic mass is 16.5. The van der Waals surface area contributed by atoms with E-state index in [2.05, 4.69) is 51.2 Å². The van der Waals surface area contributed by atoms with Gasteiger partial charge in [-0.25, -0.2) is 0 Å². The van der Waals surface area contributed by atoms with Gasteiger partial charge in [0.15, 0.2) is 0 Å². The van der Waals surface area contributed by atoms with Crippen LogP contribution in [-0.4, -0.2) is 19.2 Å². The highest BCUT2D eigenvalue weighted by Gasteiger charge is 2.22. The lowest BCUT2D eigenvalue weighted by Gasteiger charge is -2.17. The lowest BCUT2D eigenvalue weighted by Crippen LogP contribution is -2.32. The zero-order valence-electron chi connectivity index (χ0n) is 11.3. The predicted octanol–water partition coefficient (Wildman–Crippen LogP) is 2.99. The number of hydrogen-bond acceptors (Lipinski definition) is 2. The molecule has 1 saturated heterocycles. The second-order valence-corrected chi connectivity index (χ2v) is 5.34. The molecule has 0 saturated carbocycles. The van der Waals surface area contributed by atoms with Gasteiger partial charge in [-0.15, -0.1) is 0 Å². The molecular formula is C15H23NO. The van der Waals surface area contributed by atoms with Gasteiger partial charge in [-0.1, -0.05) is 25.1 Å². The van der Waals surface area contributed by atoms with E-state index in [0.29, 0.717) is 12.0 Å². The Morgan fingerprint density at radius 1 is 1.18 bits per heavy atom. The predicted molar refractivity (Wildman–Crippen MR) is 71.2 cm³/mol. The zero-order chi connectivity index (χ0) is 12.4. The molecule has 0 amide bonds. The Kier molecular flexibility index (Phi) is 3.85. The maximum absolute atomic E-state index is 6.00. The van der Waals surface area contributed by atoms with Crippen molar-refractivity contribution in [3.63, 3.8) is 0 Å². The van der Waals surface area contributed by atoms with Crippen molar-refractivity contribution >= 4 is 0 Å². The summed E-state index contributed by atoms with van der Waals surface area (Å²) in [6.45, 7) is 10.5. The second-order valence-electron chi connectivity index (χ2n) is 5.34. The standard InChI is InChI=1S/C15H23NO/c1-10-5-6-14(7-11(10)2)15-8-16-13(4)12(3)9-17-15/h5-7,12-13,15-16H,8-9H2,1-4H3. The molecule has 1 aromatic rings. The van der Waals surface area contributed by atoms with Gasteiger partial charge in [0.05, 0.1) is 12.7 Å². The van der Waals surface area contributed by atoms with Crippen molar-refractivity contribution in [3.05, 3.63) is 34.9 Å². The molecule has 1 heterocycles. The first-order chi connectivity index (χ1) is 8.08. The molecule has 94 valence electrons. The molecule has 1 aromatic carbocycles. The number of aryl methyl sites for hydroxylation is 2. The topological polar surface area (TPSA) is 21.3 Å². The first-order valence-electron chi connectivity index (χ1n) is 6.50.